The van der Waals surface area contributed by atoms with E-state index in [1.54, 1.807) is 49.4 Å². The van der Waals surface area contributed by atoms with Gasteiger partial charge in [-0.2, -0.15) is 0 Å². The van der Waals surface area contributed by atoms with Gasteiger partial charge in [-0.25, -0.2) is 0 Å². The molecule has 0 bridgehead atoms. The van der Waals surface area contributed by atoms with Crippen molar-refractivity contribution in [1.29, 1.82) is 0 Å². The number of esters is 1. The second kappa shape index (κ2) is 9.75. The average Bonchev–Trinajstić information content (AvgIpc) is 2.69. The van der Waals surface area contributed by atoms with Gasteiger partial charge in [0.05, 0.1) is 12.7 Å². The molecule has 0 fully saturated rings. The maximum absolute atomic E-state index is 12.2. The van der Waals surface area contributed by atoms with Crippen LogP contribution < -0.4 is 15.4 Å². The first-order valence-corrected chi connectivity index (χ1v) is 8.88. The summed E-state index contributed by atoms with van der Waals surface area (Å²) in [6.07, 6.45) is -1.05. The van der Waals surface area contributed by atoms with Crippen LogP contribution in [0, 0.1) is 6.92 Å². The number of para-hydroxylation sites is 1. The summed E-state index contributed by atoms with van der Waals surface area (Å²) in [5.74, 6) is -1.34. The third-order valence-corrected chi connectivity index (χ3v) is 4.36. The standard InChI is InChI=1S/C20H21ClN2O5/c1-12-15(21)8-6-9-16(12)23-19(25)13(2)28-18(24)11-22-20(26)14-7-4-5-10-17(14)27-3/h4-10,13H,11H2,1-3H3,(H,22,26)(H,23,25)/t13-/m1/s1. The lowest BCUT2D eigenvalue weighted by molar-refractivity contribution is -0.152. The van der Waals surface area contributed by atoms with E-state index < -0.39 is 23.9 Å². The highest BCUT2D eigenvalue weighted by Crippen LogP contribution is 2.23. The number of ether oxygens (including phenoxy) is 2. The van der Waals surface area contributed by atoms with Crippen LogP contribution in [0.2, 0.25) is 5.02 Å². The molecule has 2 rings (SSSR count). The van der Waals surface area contributed by atoms with Gasteiger partial charge in [-0.1, -0.05) is 29.8 Å². The van der Waals surface area contributed by atoms with Gasteiger partial charge in [0.15, 0.2) is 6.10 Å². The van der Waals surface area contributed by atoms with Crippen molar-refractivity contribution < 1.29 is 23.9 Å². The van der Waals surface area contributed by atoms with Crippen LogP contribution in [0.3, 0.4) is 0 Å². The molecule has 0 radical (unpaired) electrons. The first kappa shape index (κ1) is 21.2. The highest BCUT2D eigenvalue weighted by atomic mass is 35.5. The van der Waals surface area contributed by atoms with E-state index in [-0.39, 0.29) is 6.54 Å². The van der Waals surface area contributed by atoms with Crippen LogP contribution in [0.15, 0.2) is 42.5 Å². The molecule has 2 aromatic carbocycles. The summed E-state index contributed by atoms with van der Waals surface area (Å²) in [5.41, 5.74) is 1.53. The van der Waals surface area contributed by atoms with E-state index in [0.717, 1.165) is 0 Å². The van der Waals surface area contributed by atoms with Gasteiger partial charge in [0, 0.05) is 10.7 Å². The molecular weight excluding hydrogens is 384 g/mol. The minimum absolute atomic E-state index is 0.292. The molecule has 148 valence electrons. The molecule has 2 N–H and O–H groups in total. The summed E-state index contributed by atoms with van der Waals surface area (Å²) in [4.78, 5) is 36.3. The van der Waals surface area contributed by atoms with E-state index in [1.165, 1.54) is 14.0 Å². The van der Waals surface area contributed by atoms with Crippen LogP contribution in [0.4, 0.5) is 5.69 Å². The van der Waals surface area contributed by atoms with Crippen molar-refractivity contribution >= 4 is 35.1 Å². The molecule has 7 nitrogen and oxygen atoms in total. The third-order valence-electron chi connectivity index (χ3n) is 3.95. The molecular formula is C20H21ClN2O5. The Morgan fingerprint density at radius 1 is 1.11 bits per heavy atom. The fourth-order valence-corrected chi connectivity index (χ4v) is 2.52. The first-order valence-electron chi connectivity index (χ1n) is 8.50. The van der Waals surface area contributed by atoms with Crippen molar-refractivity contribution in [2.75, 3.05) is 19.0 Å². The van der Waals surface area contributed by atoms with Gasteiger partial charge < -0.3 is 20.1 Å². The highest BCUT2D eigenvalue weighted by Gasteiger charge is 2.20. The molecule has 0 unspecified atom stereocenters. The minimum atomic E-state index is -1.05. The number of halogens is 1. The van der Waals surface area contributed by atoms with Crippen molar-refractivity contribution in [2.24, 2.45) is 0 Å². The quantitative estimate of drug-likeness (QED) is 0.692. The third kappa shape index (κ3) is 5.47. The monoisotopic (exact) mass is 404 g/mol. The van der Waals surface area contributed by atoms with E-state index in [9.17, 15) is 14.4 Å². The summed E-state index contributed by atoms with van der Waals surface area (Å²) in [5, 5.41) is 5.61. The molecule has 28 heavy (non-hydrogen) atoms. The lowest BCUT2D eigenvalue weighted by atomic mass is 10.2. The fraction of sp³-hybridized carbons (Fsp3) is 0.250. The highest BCUT2D eigenvalue weighted by molar-refractivity contribution is 6.31. The molecule has 0 aliphatic carbocycles. The maximum Gasteiger partial charge on any atom is 0.326 e. The number of rotatable bonds is 7. The maximum atomic E-state index is 12.2. The van der Waals surface area contributed by atoms with Crippen LogP contribution >= 0.6 is 11.6 Å². The van der Waals surface area contributed by atoms with Gasteiger partial charge in [-0.3, -0.25) is 14.4 Å². The van der Waals surface area contributed by atoms with Gasteiger partial charge in [0.2, 0.25) is 0 Å². The SMILES string of the molecule is COc1ccccc1C(=O)NCC(=O)O[C@H](C)C(=O)Nc1cccc(Cl)c1C. The number of carbonyl (C=O) groups is 3. The predicted molar refractivity (Wildman–Crippen MR) is 106 cm³/mol. The Morgan fingerprint density at radius 3 is 2.54 bits per heavy atom. The van der Waals surface area contributed by atoms with E-state index >= 15 is 0 Å². The van der Waals surface area contributed by atoms with Gasteiger partial charge in [-0.15, -0.1) is 0 Å². The zero-order chi connectivity index (χ0) is 20.7. The van der Waals surface area contributed by atoms with Gasteiger partial charge in [0.25, 0.3) is 11.8 Å². The number of anilines is 1. The van der Waals surface area contributed by atoms with Gasteiger partial charge >= 0.3 is 5.97 Å². The largest absolute Gasteiger partial charge is 0.496 e. The van der Waals surface area contributed by atoms with Crippen LogP contribution in [0.25, 0.3) is 0 Å². The lowest BCUT2D eigenvalue weighted by Gasteiger charge is -2.15. The predicted octanol–water partition coefficient (Wildman–Crippen LogP) is 2.96. The smallest absolute Gasteiger partial charge is 0.326 e. The molecule has 0 saturated heterocycles. The summed E-state index contributed by atoms with van der Waals surface area (Å²) in [6.45, 7) is 2.82. The molecule has 1 atom stereocenters. The number of hydrogen-bond acceptors (Lipinski definition) is 5. The van der Waals surface area contributed by atoms with E-state index in [1.807, 2.05) is 0 Å². The van der Waals surface area contributed by atoms with E-state index in [0.29, 0.717) is 27.6 Å². The Bertz CT molecular complexity index is 885. The Hall–Kier alpha value is -3.06. The van der Waals surface area contributed by atoms with E-state index in [4.69, 9.17) is 21.1 Å². The molecule has 0 saturated carbocycles. The summed E-state index contributed by atoms with van der Waals surface area (Å²) in [7, 11) is 1.45. The van der Waals surface area contributed by atoms with Crippen molar-refractivity contribution in [3.8, 4) is 5.75 Å². The van der Waals surface area contributed by atoms with Crippen LogP contribution in [-0.4, -0.2) is 37.5 Å². The molecule has 0 heterocycles. The molecule has 2 aromatic rings. The number of benzene rings is 2. The lowest BCUT2D eigenvalue weighted by Crippen LogP contribution is -2.36. The zero-order valence-electron chi connectivity index (χ0n) is 15.7. The van der Waals surface area contributed by atoms with Crippen LogP contribution in [0.1, 0.15) is 22.8 Å². The van der Waals surface area contributed by atoms with Crippen molar-refractivity contribution in [3.63, 3.8) is 0 Å². The summed E-state index contributed by atoms with van der Waals surface area (Å²) in [6, 6.07) is 11.7. The Labute approximate surface area is 168 Å². The van der Waals surface area contributed by atoms with Gasteiger partial charge in [0.1, 0.15) is 12.3 Å². The van der Waals surface area contributed by atoms with Crippen molar-refractivity contribution in [1.82, 2.24) is 5.32 Å². The Morgan fingerprint density at radius 2 is 1.82 bits per heavy atom. The molecule has 2 amide bonds. The second-order valence-corrected chi connectivity index (χ2v) is 6.32. The van der Waals surface area contributed by atoms with Gasteiger partial charge in [-0.05, 0) is 43.7 Å². The summed E-state index contributed by atoms with van der Waals surface area (Å²) >= 11 is 6.02. The number of amides is 2. The van der Waals surface area contributed by atoms with Crippen LogP contribution in [-0.2, 0) is 14.3 Å². The second-order valence-electron chi connectivity index (χ2n) is 5.92. The summed E-state index contributed by atoms with van der Waals surface area (Å²) < 4.78 is 10.2. The molecule has 8 heteroatoms. The molecule has 0 spiro atoms. The average molecular weight is 405 g/mol. The zero-order valence-corrected chi connectivity index (χ0v) is 16.5. The Kier molecular flexibility index (Phi) is 7.40. The molecule has 0 aliphatic heterocycles. The first-order chi connectivity index (χ1) is 13.3. The normalized spacial score (nSPS) is 11.3. The minimum Gasteiger partial charge on any atom is -0.496 e. The number of methoxy groups -OCH3 is 1. The number of carbonyl (C=O) groups excluding carboxylic acids is 3. The van der Waals surface area contributed by atoms with Crippen LogP contribution in [0.5, 0.6) is 5.75 Å². The van der Waals surface area contributed by atoms with Crippen molar-refractivity contribution in [3.05, 3.63) is 58.6 Å². The van der Waals surface area contributed by atoms with E-state index in [2.05, 4.69) is 10.6 Å². The van der Waals surface area contributed by atoms with Crippen molar-refractivity contribution in [2.45, 2.75) is 20.0 Å². The molecule has 0 aromatic heterocycles. The molecule has 0 aliphatic rings. The topological polar surface area (TPSA) is 93.7 Å². The number of hydrogen-bond donors (Lipinski definition) is 2. The fourth-order valence-electron chi connectivity index (χ4n) is 2.35. The Balaban J connectivity index is 1.87. The number of nitrogens with one attached hydrogen (secondary N) is 2.